The summed E-state index contributed by atoms with van der Waals surface area (Å²) < 4.78 is 5.50. The van der Waals surface area contributed by atoms with Gasteiger partial charge < -0.3 is 14.6 Å². The number of nitrogens with zero attached hydrogens (tertiary/aromatic N) is 3. The van der Waals surface area contributed by atoms with Crippen molar-refractivity contribution in [2.75, 3.05) is 39.3 Å². The third-order valence-corrected chi connectivity index (χ3v) is 5.60. The van der Waals surface area contributed by atoms with Crippen LogP contribution in [0.1, 0.15) is 17.7 Å². The van der Waals surface area contributed by atoms with Crippen LogP contribution in [-0.2, 0) is 17.8 Å². The van der Waals surface area contributed by atoms with E-state index in [0.29, 0.717) is 18.1 Å². The van der Waals surface area contributed by atoms with E-state index in [1.807, 2.05) is 30.3 Å². The average Bonchev–Trinajstić information content (AvgIpc) is 3.27. The molecular weight excluding hydrogens is 388 g/mol. The lowest BCUT2D eigenvalue weighted by molar-refractivity contribution is -0.120. The number of oxazole rings is 1. The molecule has 1 fully saturated rings. The Labute approximate surface area is 183 Å². The molecule has 0 spiro atoms. The highest BCUT2D eigenvalue weighted by atomic mass is 16.3. The minimum absolute atomic E-state index is 0.0133. The maximum absolute atomic E-state index is 12.2. The number of amides is 1. The van der Waals surface area contributed by atoms with Crippen molar-refractivity contribution in [1.29, 1.82) is 0 Å². The van der Waals surface area contributed by atoms with Gasteiger partial charge in [0.25, 0.3) is 0 Å². The summed E-state index contributed by atoms with van der Waals surface area (Å²) in [6.45, 7) is 7.09. The number of carbonyl (C=O) groups excluding carboxylic acids is 1. The van der Waals surface area contributed by atoms with Crippen molar-refractivity contribution in [2.24, 2.45) is 0 Å². The number of benzene rings is 2. The van der Waals surface area contributed by atoms with Gasteiger partial charge in [-0.3, -0.25) is 9.69 Å². The molecule has 1 aliphatic heterocycles. The van der Waals surface area contributed by atoms with E-state index in [0.717, 1.165) is 51.3 Å². The Hall–Kier alpha value is -2.96. The van der Waals surface area contributed by atoms with Gasteiger partial charge in [0, 0.05) is 44.8 Å². The monoisotopic (exact) mass is 418 g/mol. The van der Waals surface area contributed by atoms with Gasteiger partial charge in [-0.2, -0.15) is 0 Å². The van der Waals surface area contributed by atoms with Gasteiger partial charge in [0.1, 0.15) is 6.26 Å². The minimum atomic E-state index is -0.0133. The Morgan fingerprint density at radius 3 is 2.35 bits per heavy atom. The highest BCUT2D eigenvalue weighted by Gasteiger charge is 2.16. The summed E-state index contributed by atoms with van der Waals surface area (Å²) in [6, 6.07) is 20.4. The van der Waals surface area contributed by atoms with E-state index in [1.54, 1.807) is 6.26 Å². The maximum Gasteiger partial charge on any atom is 0.226 e. The number of carbonyl (C=O) groups is 1. The lowest BCUT2D eigenvalue weighted by Crippen LogP contribution is -2.46. The van der Waals surface area contributed by atoms with E-state index in [4.69, 9.17) is 4.42 Å². The topological polar surface area (TPSA) is 61.6 Å². The second kappa shape index (κ2) is 10.9. The quantitative estimate of drug-likeness (QED) is 0.541. The zero-order chi connectivity index (χ0) is 21.3. The zero-order valence-corrected chi connectivity index (χ0v) is 17.9. The average molecular weight is 419 g/mol. The normalized spacial score (nSPS) is 15.1. The predicted molar refractivity (Wildman–Crippen MR) is 121 cm³/mol. The van der Waals surface area contributed by atoms with Crippen molar-refractivity contribution in [2.45, 2.75) is 19.4 Å². The van der Waals surface area contributed by atoms with Crippen molar-refractivity contribution in [3.05, 3.63) is 78.2 Å². The molecule has 1 aromatic heterocycles. The van der Waals surface area contributed by atoms with E-state index in [2.05, 4.69) is 50.4 Å². The van der Waals surface area contributed by atoms with Crippen LogP contribution in [0.2, 0.25) is 0 Å². The van der Waals surface area contributed by atoms with Crippen LogP contribution in [0.25, 0.3) is 11.5 Å². The van der Waals surface area contributed by atoms with Crippen LogP contribution in [0, 0.1) is 0 Å². The first kappa shape index (κ1) is 21.3. The van der Waals surface area contributed by atoms with Crippen LogP contribution < -0.4 is 5.32 Å². The summed E-state index contributed by atoms with van der Waals surface area (Å²) in [5.41, 5.74) is 2.95. The fraction of sp³-hybridized carbons (Fsp3) is 0.360. The van der Waals surface area contributed by atoms with Crippen LogP contribution in [0.5, 0.6) is 0 Å². The fourth-order valence-corrected chi connectivity index (χ4v) is 3.87. The van der Waals surface area contributed by atoms with Gasteiger partial charge in [0.2, 0.25) is 11.8 Å². The number of hydrogen-bond acceptors (Lipinski definition) is 5. The molecule has 1 N–H and O–H groups in total. The van der Waals surface area contributed by atoms with Gasteiger partial charge in [-0.05, 0) is 30.7 Å². The summed E-state index contributed by atoms with van der Waals surface area (Å²) in [5, 5.41) is 3.00. The minimum Gasteiger partial charge on any atom is -0.444 e. The molecule has 1 amide bonds. The Kier molecular flexibility index (Phi) is 7.47. The van der Waals surface area contributed by atoms with Gasteiger partial charge in [0.15, 0.2) is 0 Å². The standard InChI is InChI=1S/C25H30N4O2/c30-24(18-23-20-31-25(27-23)22-10-5-2-6-11-22)26-12-7-13-28-14-16-29(17-15-28)19-21-8-3-1-4-9-21/h1-6,8-11,20H,7,12-19H2,(H,26,30). The molecule has 0 radical (unpaired) electrons. The zero-order valence-electron chi connectivity index (χ0n) is 17.9. The number of rotatable bonds is 9. The van der Waals surface area contributed by atoms with Crippen LogP contribution in [0.15, 0.2) is 71.3 Å². The molecule has 6 nitrogen and oxygen atoms in total. The SMILES string of the molecule is O=C(Cc1coc(-c2ccccc2)n1)NCCCN1CCN(Cc2ccccc2)CC1. The van der Waals surface area contributed by atoms with Gasteiger partial charge in [-0.25, -0.2) is 4.98 Å². The summed E-state index contributed by atoms with van der Waals surface area (Å²) in [5.74, 6) is 0.537. The molecule has 6 heteroatoms. The van der Waals surface area contributed by atoms with Gasteiger partial charge in [-0.1, -0.05) is 48.5 Å². The maximum atomic E-state index is 12.2. The molecule has 3 aromatic rings. The first-order valence-electron chi connectivity index (χ1n) is 11.0. The first-order valence-corrected chi connectivity index (χ1v) is 11.0. The summed E-state index contributed by atoms with van der Waals surface area (Å²) in [4.78, 5) is 21.6. The van der Waals surface area contributed by atoms with E-state index in [9.17, 15) is 4.79 Å². The van der Waals surface area contributed by atoms with E-state index in [-0.39, 0.29) is 12.3 Å². The Balaban J connectivity index is 1.10. The third-order valence-electron chi connectivity index (χ3n) is 5.60. The van der Waals surface area contributed by atoms with Gasteiger partial charge in [0.05, 0.1) is 12.1 Å². The molecule has 0 aliphatic carbocycles. The van der Waals surface area contributed by atoms with Gasteiger partial charge >= 0.3 is 0 Å². The molecule has 0 saturated carbocycles. The molecular formula is C25H30N4O2. The molecule has 4 rings (SSSR count). The van der Waals surface area contributed by atoms with Crippen molar-refractivity contribution >= 4 is 5.91 Å². The molecule has 0 bridgehead atoms. The lowest BCUT2D eigenvalue weighted by atomic mass is 10.2. The Bertz CT molecular complexity index is 934. The predicted octanol–water partition coefficient (Wildman–Crippen LogP) is 3.21. The van der Waals surface area contributed by atoms with Crippen LogP contribution in [0.4, 0.5) is 0 Å². The number of hydrogen-bond donors (Lipinski definition) is 1. The van der Waals surface area contributed by atoms with Crippen molar-refractivity contribution < 1.29 is 9.21 Å². The van der Waals surface area contributed by atoms with Crippen molar-refractivity contribution in [1.82, 2.24) is 20.1 Å². The van der Waals surface area contributed by atoms with Crippen LogP contribution in [0.3, 0.4) is 0 Å². The fourth-order valence-electron chi connectivity index (χ4n) is 3.87. The lowest BCUT2D eigenvalue weighted by Gasteiger charge is -2.34. The highest BCUT2D eigenvalue weighted by molar-refractivity contribution is 5.78. The smallest absolute Gasteiger partial charge is 0.226 e. The largest absolute Gasteiger partial charge is 0.444 e. The number of nitrogens with one attached hydrogen (secondary N) is 1. The molecule has 162 valence electrons. The number of piperazine rings is 1. The third kappa shape index (κ3) is 6.51. The summed E-state index contributed by atoms with van der Waals surface area (Å²) in [6.07, 6.45) is 2.77. The molecule has 2 heterocycles. The summed E-state index contributed by atoms with van der Waals surface area (Å²) >= 11 is 0. The molecule has 2 aromatic carbocycles. The van der Waals surface area contributed by atoms with Gasteiger partial charge in [-0.15, -0.1) is 0 Å². The van der Waals surface area contributed by atoms with E-state index < -0.39 is 0 Å². The number of aromatic nitrogens is 1. The molecule has 31 heavy (non-hydrogen) atoms. The first-order chi connectivity index (χ1) is 15.3. The second-order valence-corrected chi connectivity index (χ2v) is 7.99. The highest BCUT2D eigenvalue weighted by Crippen LogP contribution is 2.18. The molecule has 0 unspecified atom stereocenters. The summed E-state index contributed by atoms with van der Waals surface area (Å²) in [7, 11) is 0. The second-order valence-electron chi connectivity index (χ2n) is 7.99. The van der Waals surface area contributed by atoms with Crippen LogP contribution >= 0.6 is 0 Å². The van der Waals surface area contributed by atoms with E-state index >= 15 is 0 Å². The van der Waals surface area contributed by atoms with E-state index in [1.165, 1.54) is 5.56 Å². The molecule has 1 aliphatic rings. The Morgan fingerprint density at radius 2 is 1.61 bits per heavy atom. The molecule has 0 atom stereocenters. The molecule has 1 saturated heterocycles. The van der Waals surface area contributed by atoms with Crippen LogP contribution in [-0.4, -0.2) is 60.0 Å². The Morgan fingerprint density at radius 1 is 0.935 bits per heavy atom. The van der Waals surface area contributed by atoms with Crippen molar-refractivity contribution in [3.8, 4) is 11.5 Å². The van der Waals surface area contributed by atoms with Crippen molar-refractivity contribution in [3.63, 3.8) is 0 Å².